The monoisotopic (exact) mass is 344 g/mol. The molecule has 136 valence electrons. The van der Waals surface area contributed by atoms with Crippen molar-refractivity contribution in [2.24, 2.45) is 0 Å². The van der Waals surface area contributed by atoms with Gasteiger partial charge in [0.1, 0.15) is 30.6 Å². The van der Waals surface area contributed by atoms with Crippen LogP contribution in [0, 0.1) is 0 Å². The van der Waals surface area contributed by atoms with Crippen molar-refractivity contribution in [2.75, 3.05) is 26.2 Å². The maximum Gasteiger partial charge on any atom is 0.137 e. The van der Waals surface area contributed by atoms with Crippen molar-refractivity contribution in [1.29, 1.82) is 0 Å². The number of likely N-dealkylation sites (tertiary alicyclic amines) is 1. The summed E-state index contributed by atoms with van der Waals surface area (Å²) in [5.41, 5.74) is 0. The number of para-hydroxylation sites is 1. The summed E-state index contributed by atoms with van der Waals surface area (Å²) in [5, 5.41) is 18.8. The van der Waals surface area contributed by atoms with Gasteiger partial charge >= 0.3 is 0 Å². The van der Waals surface area contributed by atoms with Crippen LogP contribution in [-0.4, -0.2) is 57.1 Å². The first-order chi connectivity index (χ1) is 12.1. The molecule has 1 aromatic carbocycles. The van der Waals surface area contributed by atoms with Crippen molar-refractivity contribution in [2.45, 2.75) is 44.8 Å². The van der Waals surface area contributed by atoms with Crippen molar-refractivity contribution in [3.8, 4) is 5.75 Å². The van der Waals surface area contributed by atoms with Gasteiger partial charge in [-0.05, 0) is 45.4 Å². The lowest BCUT2D eigenvalue weighted by Gasteiger charge is -2.33. The molecule has 1 aromatic heterocycles. The number of aromatic nitrogens is 3. The Bertz CT molecular complexity index is 644. The van der Waals surface area contributed by atoms with Crippen molar-refractivity contribution in [3.63, 3.8) is 0 Å². The summed E-state index contributed by atoms with van der Waals surface area (Å²) in [6, 6.07) is 9.99. The largest absolute Gasteiger partial charge is 0.491 e. The first kappa shape index (κ1) is 17.9. The summed E-state index contributed by atoms with van der Waals surface area (Å²) in [5.74, 6) is 2.23. The van der Waals surface area contributed by atoms with E-state index in [9.17, 15) is 5.11 Å². The van der Waals surface area contributed by atoms with E-state index in [1.807, 2.05) is 36.7 Å². The van der Waals surface area contributed by atoms with E-state index in [1.54, 1.807) is 0 Å². The molecule has 2 atom stereocenters. The molecule has 0 aliphatic carbocycles. The van der Waals surface area contributed by atoms with Crippen LogP contribution in [0.2, 0.25) is 0 Å². The quantitative estimate of drug-likeness (QED) is 0.836. The summed E-state index contributed by atoms with van der Waals surface area (Å²) in [6.07, 6.45) is 3.56. The fourth-order valence-electron chi connectivity index (χ4n) is 3.43. The minimum atomic E-state index is -0.498. The van der Waals surface area contributed by atoms with E-state index < -0.39 is 6.10 Å². The number of aliphatic hydroxyl groups excluding tert-OH is 1. The predicted molar refractivity (Wildman–Crippen MR) is 96.8 cm³/mol. The van der Waals surface area contributed by atoms with Crippen LogP contribution in [-0.2, 0) is 0 Å². The molecular formula is C19H28N4O2. The summed E-state index contributed by atoms with van der Waals surface area (Å²) in [6.45, 7) is 7.16. The van der Waals surface area contributed by atoms with E-state index >= 15 is 0 Å². The van der Waals surface area contributed by atoms with Gasteiger partial charge < -0.3 is 14.4 Å². The Morgan fingerprint density at radius 3 is 2.84 bits per heavy atom. The molecule has 25 heavy (non-hydrogen) atoms. The third kappa shape index (κ3) is 4.80. The molecule has 6 heteroatoms. The van der Waals surface area contributed by atoms with Gasteiger partial charge in [-0.1, -0.05) is 18.2 Å². The van der Waals surface area contributed by atoms with Crippen LogP contribution in [0.15, 0.2) is 36.7 Å². The van der Waals surface area contributed by atoms with Crippen LogP contribution in [0.1, 0.15) is 44.5 Å². The minimum Gasteiger partial charge on any atom is -0.491 e. The average molecular weight is 344 g/mol. The molecule has 1 N–H and O–H groups in total. The van der Waals surface area contributed by atoms with Crippen molar-refractivity contribution < 1.29 is 9.84 Å². The second kappa shape index (κ2) is 8.45. The van der Waals surface area contributed by atoms with Crippen LogP contribution in [0.4, 0.5) is 0 Å². The van der Waals surface area contributed by atoms with E-state index in [2.05, 4.69) is 33.5 Å². The molecule has 0 spiro atoms. The van der Waals surface area contributed by atoms with Gasteiger partial charge in [0.05, 0.1) is 0 Å². The van der Waals surface area contributed by atoms with Gasteiger partial charge in [-0.15, -0.1) is 10.2 Å². The number of β-amino-alcohol motifs (C(OH)–C–C–N with tert-alkyl or cyclic N) is 1. The molecule has 1 aliphatic rings. The Labute approximate surface area is 149 Å². The van der Waals surface area contributed by atoms with Gasteiger partial charge in [0.15, 0.2) is 0 Å². The standard InChI is InChI=1S/C19H28N4O2/c1-15(2)23-14-20-21-19(23)16-7-6-10-22(11-16)12-17(24)13-25-18-8-4-3-5-9-18/h3-5,8-9,14-17,24H,6-7,10-13H2,1-2H3. The molecule has 2 aromatic rings. The van der Waals surface area contributed by atoms with Crippen LogP contribution in [0.5, 0.6) is 5.75 Å². The van der Waals surface area contributed by atoms with Crippen LogP contribution >= 0.6 is 0 Å². The van der Waals surface area contributed by atoms with Crippen LogP contribution < -0.4 is 4.74 Å². The smallest absolute Gasteiger partial charge is 0.137 e. The highest BCUT2D eigenvalue weighted by Crippen LogP contribution is 2.27. The van der Waals surface area contributed by atoms with Gasteiger partial charge in [0.2, 0.25) is 0 Å². The molecule has 0 amide bonds. The number of hydrogen-bond donors (Lipinski definition) is 1. The molecule has 1 fully saturated rings. The lowest BCUT2D eigenvalue weighted by atomic mass is 9.96. The van der Waals surface area contributed by atoms with Crippen molar-refractivity contribution in [1.82, 2.24) is 19.7 Å². The highest BCUT2D eigenvalue weighted by Gasteiger charge is 2.27. The van der Waals surface area contributed by atoms with Gasteiger partial charge in [-0.3, -0.25) is 4.90 Å². The molecule has 1 aliphatic heterocycles. The zero-order valence-electron chi connectivity index (χ0n) is 15.1. The average Bonchev–Trinajstić information content (AvgIpc) is 3.11. The minimum absolute atomic E-state index is 0.313. The van der Waals surface area contributed by atoms with Gasteiger partial charge in [0.25, 0.3) is 0 Å². The fourth-order valence-corrected chi connectivity index (χ4v) is 3.43. The van der Waals surface area contributed by atoms with E-state index in [-0.39, 0.29) is 0 Å². The molecular weight excluding hydrogens is 316 g/mol. The Balaban J connectivity index is 1.52. The lowest BCUT2D eigenvalue weighted by molar-refractivity contribution is 0.0575. The van der Waals surface area contributed by atoms with Crippen LogP contribution in [0.3, 0.4) is 0 Å². The van der Waals surface area contributed by atoms with E-state index in [4.69, 9.17) is 4.74 Å². The number of aliphatic hydroxyl groups is 1. The Morgan fingerprint density at radius 2 is 2.08 bits per heavy atom. The number of piperidine rings is 1. The van der Waals surface area contributed by atoms with E-state index in [1.165, 1.54) is 0 Å². The molecule has 0 radical (unpaired) electrons. The summed E-state index contributed by atoms with van der Waals surface area (Å²) < 4.78 is 7.81. The number of hydrogen-bond acceptors (Lipinski definition) is 5. The van der Waals surface area contributed by atoms with E-state index in [0.717, 1.165) is 37.5 Å². The third-order valence-corrected chi connectivity index (χ3v) is 4.68. The molecule has 3 rings (SSSR count). The third-order valence-electron chi connectivity index (χ3n) is 4.68. The SMILES string of the molecule is CC(C)n1cnnc1C1CCCN(CC(O)COc2ccccc2)C1. The summed E-state index contributed by atoms with van der Waals surface area (Å²) in [7, 11) is 0. The topological polar surface area (TPSA) is 63.4 Å². The molecule has 2 heterocycles. The second-order valence-electron chi connectivity index (χ2n) is 7.07. The molecule has 0 bridgehead atoms. The maximum atomic E-state index is 10.3. The highest BCUT2D eigenvalue weighted by atomic mass is 16.5. The molecule has 1 saturated heterocycles. The first-order valence-electron chi connectivity index (χ1n) is 9.11. The fraction of sp³-hybridized carbons (Fsp3) is 0.579. The van der Waals surface area contributed by atoms with Crippen molar-refractivity contribution >= 4 is 0 Å². The maximum absolute atomic E-state index is 10.3. The molecule has 6 nitrogen and oxygen atoms in total. The Kier molecular flexibility index (Phi) is 6.04. The number of benzene rings is 1. The van der Waals surface area contributed by atoms with Crippen molar-refractivity contribution in [3.05, 3.63) is 42.5 Å². The lowest BCUT2D eigenvalue weighted by Crippen LogP contribution is -2.41. The summed E-state index contributed by atoms with van der Waals surface area (Å²) in [4.78, 5) is 2.31. The zero-order chi connectivity index (χ0) is 17.6. The van der Waals surface area contributed by atoms with Gasteiger partial charge in [-0.25, -0.2) is 0 Å². The zero-order valence-corrected chi connectivity index (χ0v) is 15.1. The highest BCUT2D eigenvalue weighted by molar-refractivity contribution is 5.20. The molecule has 0 saturated carbocycles. The summed E-state index contributed by atoms with van der Waals surface area (Å²) >= 11 is 0. The second-order valence-corrected chi connectivity index (χ2v) is 7.07. The number of ether oxygens (including phenoxy) is 1. The van der Waals surface area contributed by atoms with Crippen LogP contribution in [0.25, 0.3) is 0 Å². The predicted octanol–water partition coefficient (Wildman–Crippen LogP) is 2.48. The van der Waals surface area contributed by atoms with Gasteiger partial charge in [-0.2, -0.15) is 0 Å². The number of nitrogens with zero attached hydrogens (tertiary/aromatic N) is 4. The first-order valence-corrected chi connectivity index (χ1v) is 9.11. The Morgan fingerprint density at radius 1 is 1.28 bits per heavy atom. The Hall–Kier alpha value is -1.92. The number of rotatable bonds is 7. The van der Waals surface area contributed by atoms with E-state index in [0.29, 0.717) is 25.1 Å². The molecule has 2 unspecified atom stereocenters. The normalized spacial score (nSPS) is 19.9. The van der Waals surface area contributed by atoms with Gasteiger partial charge in [0, 0.05) is 25.0 Å².